The third-order valence-electron chi connectivity index (χ3n) is 6.49. The van der Waals surface area contributed by atoms with Crippen molar-refractivity contribution in [2.24, 2.45) is 10.3 Å². The van der Waals surface area contributed by atoms with Crippen molar-refractivity contribution >= 4 is 50.4 Å². The van der Waals surface area contributed by atoms with Crippen molar-refractivity contribution in [3.8, 4) is 31.7 Å². The van der Waals surface area contributed by atoms with Crippen LogP contribution in [0.25, 0.3) is 31.7 Å². The quantitative estimate of drug-likeness (QED) is 0.164. The molecule has 0 saturated heterocycles. The number of hydrogen-bond donors (Lipinski definition) is 0. The van der Waals surface area contributed by atoms with Crippen LogP contribution in [0.4, 0.5) is 0 Å². The number of pyridine rings is 4. The molecule has 0 N–H and O–H groups in total. The minimum Gasteiger partial charge on any atom is -0.470 e. The van der Waals surface area contributed by atoms with Gasteiger partial charge in [-0.1, -0.05) is 12.1 Å². The monoisotopic (exact) mass is 756 g/mol. The summed E-state index contributed by atoms with van der Waals surface area (Å²) in [6.07, 6.45) is 7.17. The number of nitrogens with zero attached hydrogens (tertiary/aromatic N) is 8. The van der Waals surface area contributed by atoms with Gasteiger partial charge in [-0.25, -0.2) is 19.9 Å². The van der Waals surface area contributed by atoms with E-state index in [1.54, 1.807) is 35.1 Å². The van der Waals surface area contributed by atoms with Crippen molar-refractivity contribution in [1.29, 1.82) is 0 Å². The Kier molecular flexibility index (Phi) is 11.6. The highest BCUT2D eigenvalue weighted by Crippen LogP contribution is 2.34. The standard InChI is InChI=1S/C17H14N4O2S.C9H8N2S.C8H7BrN2O2/c1-11-15(24-17(19-11)12-4-3-7-18-10-12)13-5-2-6-14(20-13)16-21-23-9-8-22-16;1-7-6-12-9(11-7)8-3-2-4-10-5-8;9-7-3-1-2-6(10-7)8-11-13-5-4-12-8/h2-7,10H,8-9H2,1H3;2-6H,1H3;1-3H,4-5H2. The minimum absolute atomic E-state index is 0.415. The zero-order valence-corrected chi connectivity index (χ0v) is 29.6. The Balaban J connectivity index is 0.000000140. The lowest BCUT2D eigenvalue weighted by atomic mass is 10.2. The van der Waals surface area contributed by atoms with E-state index >= 15 is 0 Å². The van der Waals surface area contributed by atoms with Gasteiger partial charge in [-0.2, -0.15) is 0 Å². The molecule has 0 saturated carbocycles. The Bertz CT molecular complexity index is 2040. The van der Waals surface area contributed by atoms with Crippen LogP contribution in [0.3, 0.4) is 0 Å². The minimum atomic E-state index is 0.415. The second-order valence-electron chi connectivity index (χ2n) is 10.1. The smallest absolute Gasteiger partial charge is 0.276 e. The maximum atomic E-state index is 5.50. The molecular formula is C34H29BrN8O4S2. The van der Waals surface area contributed by atoms with Crippen LogP contribution in [0.1, 0.15) is 22.8 Å². The van der Waals surface area contributed by atoms with Crippen molar-refractivity contribution in [2.75, 3.05) is 26.4 Å². The highest BCUT2D eigenvalue weighted by Gasteiger charge is 2.17. The Morgan fingerprint density at radius 1 is 0.633 bits per heavy atom. The van der Waals surface area contributed by atoms with Gasteiger partial charge in [-0.3, -0.25) is 9.97 Å². The molecule has 0 atom stereocenters. The van der Waals surface area contributed by atoms with Gasteiger partial charge in [0, 0.05) is 47.0 Å². The summed E-state index contributed by atoms with van der Waals surface area (Å²) in [5.41, 5.74) is 6.27. The van der Waals surface area contributed by atoms with Crippen molar-refractivity contribution in [2.45, 2.75) is 13.8 Å². The van der Waals surface area contributed by atoms with E-state index in [0.29, 0.717) is 49.6 Å². The van der Waals surface area contributed by atoms with Gasteiger partial charge in [-0.15, -0.1) is 22.7 Å². The SMILES string of the molecule is Brc1cccc(C2=NOCCO2)n1.Cc1csc(-c2cccnc2)n1.Cc1nc(-c2cccnc2)sc1-c1cccc(C2=NOCCO2)n1. The Morgan fingerprint density at radius 2 is 1.24 bits per heavy atom. The predicted octanol–water partition coefficient (Wildman–Crippen LogP) is 7.35. The van der Waals surface area contributed by atoms with E-state index in [4.69, 9.17) is 19.1 Å². The maximum Gasteiger partial charge on any atom is 0.276 e. The average Bonchev–Trinajstić information content (AvgIpc) is 3.79. The maximum absolute atomic E-state index is 5.50. The van der Waals surface area contributed by atoms with Crippen molar-refractivity contribution in [3.05, 3.63) is 118 Å². The number of ether oxygens (including phenoxy) is 2. The largest absolute Gasteiger partial charge is 0.470 e. The van der Waals surface area contributed by atoms with Gasteiger partial charge in [0.25, 0.3) is 11.8 Å². The van der Waals surface area contributed by atoms with Crippen LogP contribution < -0.4 is 0 Å². The molecule has 49 heavy (non-hydrogen) atoms. The molecule has 0 radical (unpaired) electrons. The summed E-state index contributed by atoms with van der Waals surface area (Å²) >= 11 is 6.51. The number of aromatic nitrogens is 6. The number of hydrogen-bond acceptors (Lipinski definition) is 14. The second-order valence-corrected chi connectivity index (χ2v) is 12.8. The summed E-state index contributed by atoms with van der Waals surface area (Å²) in [7, 11) is 0. The fraction of sp³-hybridized carbons (Fsp3) is 0.176. The first-order chi connectivity index (χ1) is 24.0. The Hall–Kier alpha value is -5.12. The molecule has 0 unspecified atom stereocenters. The molecule has 0 aliphatic carbocycles. The number of thiazole rings is 2. The molecule has 0 bridgehead atoms. The summed E-state index contributed by atoms with van der Waals surface area (Å²) < 4.78 is 11.5. The third-order valence-corrected chi connectivity index (χ3v) is 9.17. The first kappa shape index (κ1) is 33.8. The molecule has 15 heteroatoms. The fourth-order valence-corrected chi connectivity index (χ4v) is 6.44. The molecule has 2 aliphatic rings. The number of oxime groups is 2. The van der Waals surface area contributed by atoms with Crippen LogP contribution in [-0.4, -0.2) is 68.1 Å². The molecular weight excluding hydrogens is 728 g/mol. The van der Waals surface area contributed by atoms with Crippen LogP contribution in [-0.2, 0) is 19.1 Å². The van der Waals surface area contributed by atoms with Crippen molar-refractivity contribution < 1.29 is 19.1 Å². The van der Waals surface area contributed by atoms with Crippen molar-refractivity contribution in [1.82, 2.24) is 29.9 Å². The molecule has 8 heterocycles. The second kappa shape index (κ2) is 16.8. The zero-order chi connectivity index (χ0) is 33.8. The van der Waals surface area contributed by atoms with Gasteiger partial charge < -0.3 is 19.1 Å². The highest BCUT2D eigenvalue weighted by atomic mass is 79.9. The first-order valence-corrected chi connectivity index (χ1v) is 17.5. The normalized spacial score (nSPS) is 13.4. The molecule has 0 amide bonds. The van der Waals surface area contributed by atoms with E-state index in [0.717, 1.165) is 47.7 Å². The molecule has 6 aromatic heterocycles. The van der Waals surface area contributed by atoms with E-state index in [-0.39, 0.29) is 0 Å². The van der Waals surface area contributed by atoms with E-state index in [1.807, 2.05) is 92.3 Å². The van der Waals surface area contributed by atoms with Gasteiger partial charge >= 0.3 is 0 Å². The van der Waals surface area contributed by atoms with Crippen LogP contribution in [0.2, 0.25) is 0 Å². The van der Waals surface area contributed by atoms with Gasteiger partial charge in [0.2, 0.25) is 0 Å². The van der Waals surface area contributed by atoms with Crippen LogP contribution >= 0.6 is 38.6 Å². The van der Waals surface area contributed by atoms with Crippen molar-refractivity contribution in [3.63, 3.8) is 0 Å². The summed E-state index contributed by atoms with van der Waals surface area (Å²) in [6.45, 7) is 5.94. The lowest BCUT2D eigenvalue weighted by Crippen LogP contribution is -2.18. The Labute approximate surface area is 298 Å². The van der Waals surface area contributed by atoms with E-state index in [1.165, 1.54) is 0 Å². The van der Waals surface area contributed by atoms with Gasteiger partial charge in [-0.05, 0) is 88.6 Å². The van der Waals surface area contributed by atoms with Crippen LogP contribution in [0.5, 0.6) is 0 Å². The third kappa shape index (κ3) is 9.28. The average molecular weight is 758 g/mol. The van der Waals surface area contributed by atoms with Crippen LogP contribution in [0.15, 0.2) is 106 Å². The number of halogens is 1. The molecule has 0 spiro atoms. The number of aryl methyl sites for hydroxylation is 2. The van der Waals surface area contributed by atoms with E-state index in [9.17, 15) is 0 Å². The zero-order valence-electron chi connectivity index (χ0n) is 26.4. The fourth-order valence-electron chi connectivity index (χ4n) is 4.28. The molecule has 8 rings (SSSR count). The predicted molar refractivity (Wildman–Crippen MR) is 192 cm³/mol. The summed E-state index contributed by atoms with van der Waals surface area (Å²) in [4.78, 5) is 37.0. The first-order valence-electron chi connectivity index (χ1n) is 15.0. The Morgan fingerprint density at radius 3 is 1.80 bits per heavy atom. The van der Waals surface area contributed by atoms with E-state index in [2.05, 4.69) is 56.1 Å². The highest BCUT2D eigenvalue weighted by molar-refractivity contribution is 9.10. The molecule has 6 aromatic rings. The summed E-state index contributed by atoms with van der Waals surface area (Å²) in [5.74, 6) is 0.852. The van der Waals surface area contributed by atoms with E-state index < -0.39 is 0 Å². The lowest BCUT2D eigenvalue weighted by Gasteiger charge is -2.13. The summed E-state index contributed by atoms with van der Waals surface area (Å²) in [6, 6.07) is 19.1. The molecule has 248 valence electrons. The van der Waals surface area contributed by atoms with Gasteiger partial charge in [0.05, 0.1) is 16.3 Å². The molecule has 12 nitrogen and oxygen atoms in total. The lowest BCUT2D eigenvalue weighted by molar-refractivity contribution is 0.0652. The van der Waals surface area contributed by atoms with Gasteiger partial charge in [0.1, 0.15) is 39.2 Å². The molecule has 2 aliphatic heterocycles. The molecule has 0 fully saturated rings. The molecule has 0 aromatic carbocycles. The number of rotatable bonds is 5. The van der Waals surface area contributed by atoms with Crippen LogP contribution in [0, 0.1) is 13.8 Å². The summed E-state index contributed by atoms with van der Waals surface area (Å²) in [5, 5.41) is 11.7. The van der Waals surface area contributed by atoms with Gasteiger partial charge in [0.15, 0.2) is 13.2 Å². The topological polar surface area (TPSA) is 139 Å².